The van der Waals surface area contributed by atoms with E-state index in [2.05, 4.69) is 90.2 Å². The fraction of sp³-hybridized carbons (Fsp3) is 0.359. The number of anilines is 1. The smallest absolute Gasteiger partial charge is 0.239 e. The molecule has 1 fully saturated rings. The zero-order chi connectivity index (χ0) is 32.7. The minimum absolute atomic E-state index is 0.0282. The quantitative estimate of drug-likeness (QED) is 0.0950. The van der Waals surface area contributed by atoms with E-state index in [1.807, 2.05) is 31.2 Å². The summed E-state index contributed by atoms with van der Waals surface area (Å²) in [5.74, 6) is 0.661. The predicted molar refractivity (Wildman–Crippen MR) is 187 cm³/mol. The number of pyridine rings is 1. The molecule has 1 atom stereocenters. The van der Waals surface area contributed by atoms with E-state index in [9.17, 15) is 14.7 Å². The van der Waals surface area contributed by atoms with Crippen LogP contribution in [0.5, 0.6) is 0 Å². The molecule has 0 saturated heterocycles. The average molecular weight is 619 g/mol. The molecule has 1 aliphatic rings. The number of aromatic nitrogens is 1. The number of aryl methyl sites for hydroxylation is 1. The normalized spacial score (nSPS) is 13.5. The first kappa shape index (κ1) is 32.7. The van der Waals surface area contributed by atoms with E-state index in [0.29, 0.717) is 31.6 Å². The van der Waals surface area contributed by atoms with Crippen molar-refractivity contribution in [3.8, 4) is 11.1 Å². The zero-order valence-electron chi connectivity index (χ0n) is 27.5. The van der Waals surface area contributed by atoms with Gasteiger partial charge in [-0.15, -0.1) is 0 Å². The van der Waals surface area contributed by atoms with Crippen LogP contribution >= 0.6 is 0 Å². The van der Waals surface area contributed by atoms with Gasteiger partial charge in [-0.25, -0.2) is 4.98 Å². The van der Waals surface area contributed by atoms with Crippen LogP contribution in [0.2, 0.25) is 0 Å². The molecule has 1 saturated carbocycles. The molecular weight excluding hydrogens is 572 g/mol. The lowest BCUT2D eigenvalue weighted by atomic mass is 9.82. The van der Waals surface area contributed by atoms with E-state index in [0.717, 1.165) is 52.9 Å². The summed E-state index contributed by atoms with van der Waals surface area (Å²) in [4.78, 5) is 29.7. The highest BCUT2D eigenvalue weighted by atomic mass is 16.3. The molecule has 1 heterocycles. The molecule has 0 spiro atoms. The summed E-state index contributed by atoms with van der Waals surface area (Å²) >= 11 is 0. The van der Waals surface area contributed by atoms with Crippen LogP contribution in [0.1, 0.15) is 82.0 Å². The number of nitrogens with zero attached hydrogens (tertiary/aromatic N) is 1. The van der Waals surface area contributed by atoms with Crippen molar-refractivity contribution in [3.05, 3.63) is 107 Å². The molecule has 240 valence electrons. The summed E-state index contributed by atoms with van der Waals surface area (Å²) in [6.45, 7) is 9.20. The van der Waals surface area contributed by atoms with Gasteiger partial charge in [0, 0.05) is 25.6 Å². The second-order valence-electron chi connectivity index (χ2n) is 13.3. The van der Waals surface area contributed by atoms with Crippen LogP contribution in [0.15, 0.2) is 90.3 Å². The number of allylic oxidation sites excluding steroid dienone is 1. The number of carbonyl (C=O) groups excluding carboxylic acids is 2. The van der Waals surface area contributed by atoms with E-state index in [4.69, 9.17) is 0 Å². The molecule has 1 unspecified atom stereocenters. The number of hydrogen-bond acceptors (Lipinski definition) is 5. The summed E-state index contributed by atoms with van der Waals surface area (Å²) in [6.07, 6.45) is 5.86. The van der Waals surface area contributed by atoms with Crippen LogP contribution in [0.3, 0.4) is 0 Å². The number of nitrogens with one attached hydrogen (secondary N) is 3. The molecule has 1 aromatic heterocycles. The summed E-state index contributed by atoms with van der Waals surface area (Å²) in [5.41, 5.74) is 6.67. The van der Waals surface area contributed by atoms with Gasteiger partial charge in [0.1, 0.15) is 5.82 Å². The van der Waals surface area contributed by atoms with Crippen molar-refractivity contribution in [2.24, 2.45) is 0 Å². The van der Waals surface area contributed by atoms with Gasteiger partial charge >= 0.3 is 0 Å². The number of rotatable bonds is 12. The summed E-state index contributed by atoms with van der Waals surface area (Å²) in [5, 5.41) is 22.3. The molecule has 0 radical (unpaired) electrons. The van der Waals surface area contributed by atoms with Gasteiger partial charge in [-0.3, -0.25) is 9.59 Å². The van der Waals surface area contributed by atoms with Crippen molar-refractivity contribution >= 4 is 28.4 Å². The van der Waals surface area contributed by atoms with Crippen LogP contribution in [0.4, 0.5) is 5.82 Å². The van der Waals surface area contributed by atoms with Crippen LogP contribution in [-0.4, -0.2) is 35.0 Å². The van der Waals surface area contributed by atoms with Crippen molar-refractivity contribution in [3.63, 3.8) is 0 Å². The van der Waals surface area contributed by atoms with Crippen molar-refractivity contribution in [1.29, 1.82) is 0 Å². The van der Waals surface area contributed by atoms with E-state index >= 15 is 0 Å². The van der Waals surface area contributed by atoms with E-state index < -0.39 is 6.04 Å². The zero-order valence-corrected chi connectivity index (χ0v) is 27.5. The minimum Gasteiger partial charge on any atom is -0.512 e. The molecule has 4 aromatic rings. The number of carbonyl (C=O) groups is 2. The van der Waals surface area contributed by atoms with Gasteiger partial charge in [-0.2, -0.15) is 0 Å². The Labute approximate surface area is 272 Å². The largest absolute Gasteiger partial charge is 0.512 e. The fourth-order valence-electron chi connectivity index (χ4n) is 5.94. The second-order valence-corrected chi connectivity index (χ2v) is 13.3. The first-order chi connectivity index (χ1) is 22.1. The molecular formula is C39H46N4O3. The van der Waals surface area contributed by atoms with Crippen molar-refractivity contribution in [1.82, 2.24) is 15.6 Å². The molecule has 1 aliphatic carbocycles. The topological polar surface area (TPSA) is 103 Å². The lowest BCUT2D eigenvalue weighted by Gasteiger charge is -2.24. The van der Waals surface area contributed by atoms with Gasteiger partial charge in [0.05, 0.1) is 18.3 Å². The number of hydrogen-bond donors (Lipinski definition) is 4. The summed E-state index contributed by atoms with van der Waals surface area (Å²) in [7, 11) is 0. The first-order valence-corrected chi connectivity index (χ1v) is 16.3. The average Bonchev–Trinajstić information content (AvgIpc) is 3.00. The molecule has 7 heteroatoms. The van der Waals surface area contributed by atoms with E-state index in [1.165, 1.54) is 16.3 Å². The van der Waals surface area contributed by atoms with Gasteiger partial charge in [-0.05, 0) is 94.3 Å². The SMILES string of the molecule is Cc1ccnc(NCCCC(=O)NCC(=O)NC(CC(O)=C2CCC2)c2ccc(-c3ccc(C(C)(C)C)c4ccccc34)cc2)c1. The highest BCUT2D eigenvalue weighted by Crippen LogP contribution is 2.37. The maximum Gasteiger partial charge on any atom is 0.239 e. The molecule has 5 rings (SSSR count). The van der Waals surface area contributed by atoms with Crippen molar-refractivity contribution in [2.45, 2.75) is 77.7 Å². The third kappa shape index (κ3) is 8.33. The molecule has 2 amide bonds. The monoisotopic (exact) mass is 618 g/mol. The van der Waals surface area contributed by atoms with Crippen LogP contribution in [0, 0.1) is 6.92 Å². The first-order valence-electron chi connectivity index (χ1n) is 16.3. The van der Waals surface area contributed by atoms with Gasteiger partial charge in [0.25, 0.3) is 0 Å². The van der Waals surface area contributed by atoms with E-state index in [1.54, 1.807) is 6.20 Å². The Bertz CT molecular complexity index is 1710. The standard InChI is InChI=1S/C39H46N4O3/c1-26-20-22-41-36(23-26)40-21-8-13-37(45)42-25-38(46)43-34(24-35(44)29-9-7-10-29)28-16-14-27(15-17-28)30-18-19-33(39(2,3)4)32-12-6-5-11-31(30)32/h5-6,11-12,14-20,22-23,34,44H,7-10,13,21,24-25H2,1-4H3,(H,40,41)(H,42,45)(H,43,46). The van der Waals surface area contributed by atoms with Gasteiger partial charge in [0.15, 0.2) is 0 Å². The number of fused-ring (bicyclic) bond motifs is 1. The Morgan fingerprint density at radius 1 is 0.935 bits per heavy atom. The number of aliphatic hydroxyl groups excluding tert-OH is 1. The van der Waals surface area contributed by atoms with Gasteiger partial charge in [0.2, 0.25) is 11.8 Å². The third-order valence-corrected chi connectivity index (χ3v) is 8.70. The number of amides is 2. The second kappa shape index (κ2) is 14.6. The van der Waals surface area contributed by atoms with Crippen LogP contribution in [0.25, 0.3) is 21.9 Å². The molecule has 7 nitrogen and oxygen atoms in total. The van der Waals surface area contributed by atoms with Crippen molar-refractivity contribution < 1.29 is 14.7 Å². The molecule has 0 aliphatic heterocycles. The maximum atomic E-state index is 13.0. The summed E-state index contributed by atoms with van der Waals surface area (Å²) in [6, 6.07) is 24.6. The molecule has 3 aromatic carbocycles. The highest BCUT2D eigenvalue weighted by Gasteiger charge is 2.22. The Kier molecular flexibility index (Phi) is 10.4. The lowest BCUT2D eigenvalue weighted by Crippen LogP contribution is -2.39. The maximum absolute atomic E-state index is 13.0. The number of aliphatic hydroxyl groups is 1. The van der Waals surface area contributed by atoms with Gasteiger partial charge in [-0.1, -0.05) is 81.4 Å². The highest BCUT2D eigenvalue weighted by molar-refractivity contribution is 5.99. The van der Waals surface area contributed by atoms with Gasteiger partial charge < -0.3 is 21.1 Å². The Morgan fingerprint density at radius 2 is 1.67 bits per heavy atom. The fourth-order valence-corrected chi connectivity index (χ4v) is 5.94. The molecule has 46 heavy (non-hydrogen) atoms. The Balaban J connectivity index is 1.23. The molecule has 0 bridgehead atoms. The predicted octanol–water partition coefficient (Wildman–Crippen LogP) is 8.06. The molecule has 4 N–H and O–H groups in total. The Hall–Kier alpha value is -4.65. The van der Waals surface area contributed by atoms with Crippen LogP contribution in [-0.2, 0) is 15.0 Å². The van der Waals surface area contributed by atoms with E-state index in [-0.39, 0.29) is 23.8 Å². The lowest BCUT2D eigenvalue weighted by molar-refractivity contribution is -0.126. The Morgan fingerprint density at radius 3 is 2.35 bits per heavy atom. The van der Waals surface area contributed by atoms with Crippen molar-refractivity contribution in [2.75, 3.05) is 18.4 Å². The minimum atomic E-state index is -0.419. The summed E-state index contributed by atoms with van der Waals surface area (Å²) < 4.78 is 0. The third-order valence-electron chi connectivity index (χ3n) is 8.70. The van der Waals surface area contributed by atoms with Crippen LogP contribution < -0.4 is 16.0 Å². The number of benzene rings is 3.